The first kappa shape index (κ1) is 44.6. The Morgan fingerprint density at radius 2 is 1.44 bits per heavy atom. The fourth-order valence-electron chi connectivity index (χ4n) is 9.27. The molecule has 334 valence electrons. The summed E-state index contributed by atoms with van der Waals surface area (Å²) in [5.74, 6) is 0.0563. The van der Waals surface area contributed by atoms with Crippen LogP contribution in [0.15, 0.2) is 127 Å². The number of nitrogens with two attached hydrogens (primary N) is 1. The number of anilines is 3. The number of amides is 3. The lowest BCUT2D eigenvalue weighted by molar-refractivity contribution is -0.253. The molecule has 3 amide bonds. The van der Waals surface area contributed by atoms with Crippen molar-refractivity contribution in [3.63, 3.8) is 0 Å². The molecule has 0 bridgehead atoms. The number of carbonyl (C=O) groups is 3. The summed E-state index contributed by atoms with van der Waals surface area (Å²) in [5.41, 5.74) is 13.5. The minimum Gasteiger partial charge on any atom is -0.397 e. The number of rotatable bonds is 17. The van der Waals surface area contributed by atoms with Gasteiger partial charge in [-0.05, 0) is 77.8 Å². The molecule has 12 heteroatoms. The van der Waals surface area contributed by atoms with E-state index in [1.807, 2.05) is 72.8 Å². The van der Waals surface area contributed by atoms with E-state index < -0.39 is 11.8 Å². The van der Waals surface area contributed by atoms with E-state index in [0.717, 1.165) is 97.2 Å². The molecule has 3 heterocycles. The minimum absolute atomic E-state index is 0.00593. The predicted octanol–water partition coefficient (Wildman–Crippen LogP) is 8.00. The maximum atomic E-state index is 13.3. The van der Waals surface area contributed by atoms with Crippen LogP contribution in [0.25, 0.3) is 11.1 Å². The highest BCUT2D eigenvalue weighted by molar-refractivity contribution is 5.94. The number of likely N-dealkylation sites (tertiary alicyclic amines) is 1. The summed E-state index contributed by atoms with van der Waals surface area (Å²) in [6.45, 7) is 3.19. The van der Waals surface area contributed by atoms with Gasteiger partial charge in [0.1, 0.15) is 5.54 Å². The monoisotopic (exact) mass is 864 g/mol. The Balaban J connectivity index is 0.855. The summed E-state index contributed by atoms with van der Waals surface area (Å²) in [7, 11) is 0. The largest absolute Gasteiger partial charge is 0.397 e. The second-order valence-electron chi connectivity index (χ2n) is 17.2. The zero-order chi connectivity index (χ0) is 44.3. The van der Waals surface area contributed by atoms with Gasteiger partial charge in [-0.25, -0.2) is 0 Å². The van der Waals surface area contributed by atoms with Gasteiger partial charge in [-0.15, -0.1) is 0 Å². The van der Waals surface area contributed by atoms with Crippen molar-refractivity contribution in [1.29, 1.82) is 0 Å². The molecule has 3 aliphatic heterocycles. The highest BCUT2D eigenvalue weighted by Gasteiger charge is 2.50. The first-order valence-corrected chi connectivity index (χ1v) is 22.7. The molecule has 8 rings (SSSR count). The third-order valence-corrected chi connectivity index (χ3v) is 12.9. The number of aliphatic hydroxyl groups is 1. The van der Waals surface area contributed by atoms with Gasteiger partial charge in [-0.2, -0.15) is 0 Å². The van der Waals surface area contributed by atoms with Gasteiger partial charge < -0.3 is 46.1 Å². The van der Waals surface area contributed by atoms with Gasteiger partial charge >= 0.3 is 0 Å². The van der Waals surface area contributed by atoms with E-state index in [4.69, 9.17) is 15.2 Å². The van der Waals surface area contributed by atoms with Crippen molar-refractivity contribution in [1.82, 2.24) is 15.5 Å². The number of nitrogens with zero attached hydrogens (tertiary/aromatic N) is 2. The van der Waals surface area contributed by atoms with Crippen LogP contribution in [0.3, 0.4) is 0 Å². The summed E-state index contributed by atoms with van der Waals surface area (Å²) in [4.78, 5) is 43.2. The number of hydrogen-bond donors (Lipinski definition) is 5. The van der Waals surface area contributed by atoms with Gasteiger partial charge in [0.25, 0.3) is 0 Å². The number of carbonyl (C=O) groups excluding carboxylic acids is 3. The summed E-state index contributed by atoms with van der Waals surface area (Å²) >= 11 is 0. The molecule has 64 heavy (non-hydrogen) atoms. The Labute approximate surface area is 376 Å². The Morgan fingerprint density at radius 3 is 2.17 bits per heavy atom. The molecular formula is C52H60N6O6. The molecule has 0 aliphatic carbocycles. The van der Waals surface area contributed by atoms with Crippen LogP contribution in [0, 0.1) is 0 Å². The van der Waals surface area contributed by atoms with Crippen molar-refractivity contribution in [3.8, 4) is 11.1 Å². The Kier molecular flexibility index (Phi) is 14.7. The number of aliphatic hydroxyl groups excluding tert-OH is 1. The van der Waals surface area contributed by atoms with Crippen LogP contribution in [0.5, 0.6) is 0 Å². The van der Waals surface area contributed by atoms with E-state index in [9.17, 15) is 19.5 Å². The normalized spacial score (nSPS) is 19.6. The van der Waals surface area contributed by atoms with Crippen molar-refractivity contribution >= 4 is 34.8 Å². The fourth-order valence-corrected chi connectivity index (χ4v) is 9.27. The van der Waals surface area contributed by atoms with Gasteiger partial charge in [-0.3, -0.25) is 14.4 Å². The van der Waals surface area contributed by atoms with Crippen molar-refractivity contribution < 1.29 is 29.0 Å². The number of piperidine rings is 1. The van der Waals surface area contributed by atoms with E-state index in [1.54, 1.807) is 12.1 Å². The number of unbranched alkanes of at least 4 members (excludes halogenated alkanes) is 3. The highest BCUT2D eigenvalue weighted by atomic mass is 16.7. The number of nitrogens with one attached hydrogen (secondary N) is 3. The highest BCUT2D eigenvalue weighted by Crippen LogP contribution is 2.41. The van der Waals surface area contributed by atoms with Crippen LogP contribution in [-0.4, -0.2) is 65.7 Å². The fraction of sp³-hybridized carbons (Fsp3) is 0.365. The molecular weight excluding hydrogens is 805 g/mol. The van der Waals surface area contributed by atoms with Crippen LogP contribution in [0.2, 0.25) is 0 Å². The Hall–Kier alpha value is -6.05. The molecule has 0 aromatic heterocycles. The molecule has 5 aromatic rings. The molecule has 1 spiro atoms. The molecule has 3 atom stereocenters. The molecule has 12 nitrogen and oxygen atoms in total. The van der Waals surface area contributed by atoms with Gasteiger partial charge in [0, 0.05) is 56.7 Å². The summed E-state index contributed by atoms with van der Waals surface area (Å²) < 4.78 is 13.5. The molecule has 3 fully saturated rings. The Morgan fingerprint density at radius 1 is 0.766 bits per heavy atom. The van der Waals surface area contributed by atoms with Crippen molar-refractivity contribution in [2.75, 3.05) is 42.3 Å². The van der Waals surface area contributed by atoms with E-state index in [-0.39, 0.29) is 36.5 Å². The quantitative estimate of drug-likeness (QED) is 0.0462. The topological polar surface area (TPSA) is 158 Å². The van der Waals surface area contributed by atoms with Gasteiger partial charge in [-0.1, -0.05) is 116 Å². The first-order valence-electron chi connectivity index (χ1n) is 22.7. The van der Waals surface area contributed by atoms with Crippen LogP contribution < -0.4 is 26.6 Å². The number of ether oxygens (including phenoxy) is 2. The third-order valence-electron chi connectivity index (χ3n) is 12.9. The third kappa shape index (κ3) is 10.8. The van der Waals surface area contributed by atoms with E-state index in [2.05, 4.69) is 68.2 Å². The van der Waals surface area contributed by atoms with E-state index >= 15 is 0 Å². The Bertz CT molecular complexity index is 2330. The zero-order valence-corrected chi connectivity index (χ0v) is 36.4. The van der Waals surface area contributed by atoms with Crippen LogP contribution in [0.4, 0.5) is 17.1 Å². The second kappa shape index (κ2) is 21.1. The van der Waals surface area contributed by atoms with Crippen molar-refractivity contribution in [2.24, 2.45) is 0 Å². The van der Waals surface area contributed by atoms with Crippen LogP contribution >= 0.6 is 0 Å². The molecule has 5 aromatic carbocycles. The lowest BCUT2D eigenvalue weighted by atomic mass is 9.85. The van der Waals surface area contributed by atoms with Crippen LogP contribution in [-0.2, 0) is 37.0 Å². The smallest absolute Gasteiger partial charge is 0.247 e. The van der Waals surface area contributed by atoms with Crippen molar-refractivity contribution in [3.05, 3.63) is 150 Å². The van der Waals surface area contributed by atoms with Crippen LogP contribution in [0.1, 0.15) is 92.4 Å². The summed E-state index contributed by atoms with van der Waals surface area (Å²) in [5, 5.41) is 18.8. The van der Waals surface area contributed by atoms with Gasteiger partial charge in [0.2, 0.25) is 17.7 Å². The van der Waals surface area contributed by atoms with Crippen molar-refractivity contribution in [2.45, 2.75) is 95.0 Å². The molecule has 0 radical (unpaired) electrons. The predicted molar refractivity (Wildman–Crippen MR) is 250 cm³/mol. The van der Waals surface area contributed by atoms with Gasteiger partial charge in [0.05, 0.1) is 36.9 Å². The lowest BCUT2D eigenvalue weighted by Gasteiger charge is -2.45. The second-order valence-corrected chi connectivity index (χ2v) is 17.2. The van der Waals surface area contributed by atoms with E-state index in [1.165, 1.54) is 0 Å². The van der Waals surface area contributed by atoms with E-state index in [0.29, 0.717) is 43.9 Å². The molecule has 3 aliphatic rings. The average Bonchev–Trinajstić information content (AvgIpc) is 3.65. The maximum absolute atomic E-state index is 13.3. The summed E-state index contributed by atoms with van der Waals surface area (Å²) in [6, 6.07) is 41.8. The number of para-hydroxylation sites is 3. The SMILES string of the molecule is Nc1ccccc1NC(=O)CCCCCCC(=O)NCc1ccccc1-c1ccc(C2OC(CN3CCC4(CC3)C(=O)NCN4c3ccccc3)CC(c3ccc(CO)cc3)O2)cc1. The maximum Gasteiger partial charge on any atom is 0.247 e. The molecule has 0 saturated carbocycles. The van der Waals surface area contributed by atoms with Gasteiger partial charge in [0.15, 0.2) is 6.29 Å². The lowest BCUT2D eigenvalue weighted by Crippen LogP contribution is -2.57. The summed E-state index contributed by atoms with van der Waals surface area (Å²) in [6.07, 6.45) is 5.31. The standard InChI is InChI=1S/C52H60N6O6/c53-45-16-10-11-17-46(45)56-49(61)19-7-2-1-6-18-48(60)54-33-41-12-8-9-15-44(41)38-24-26-40(27-25-38)50-63-43(32-47(64-50)39-22-20-37(35-59)21-23-39)34-57-30-28-52(29-31-57)51(62)55-36-58(52)42-13-4-3-5-14-42/h3-5,8-17,20-27,43,47,50,59H,1-2,6-7,18-19,28-36,53H2,(H,54,60)(H,55,62)(H,56,61). The first-order chi connectivity index (χ1) is 31.3. The minimum atomic E-state index is -0.596. The average molecular weight is 865 g/mol. The number of hydrogen-bond acceptors (Lipinski definition) is 9. The molecule has 3 saturated heterocycles. The number of benzene rings is 5. The number of nitrogen functional groups attached to an aromatic ring is 1. The molecule has 6 N–H and O–H groups in total. The zero-order valence-electron chi connectivity index (χ0n) is 36.4. The molecule has 3 unspecified atom stereocenters.